The van der Waals surface area contributed by atoms with Crippen LogP contribution in [-0.2, 0) is 0 Å². The van der Waals surface area contributed by atoms with Crippen molar-refractivity contribution in [2.45, 2.75) is 6.23 Å². The summed E-state index contributed by atoms with van der Waals surface area (Å²) < 4.78 is 0. The highest BCUT2D eigenvalue weighted by molar-refractivity contribution is 6.42. The summed E-state index contributed by atoms with van der Waals surface area (Å²) in [5, 5.41) is 9.77. The Balaban J connectivity index is 3.05. The molecule has 0 amide bonds. The van der Waals surface area contributed by atoms with Crippen LogP contribution in [0.25, 0.3) is 0 Å². The summed E-state index contributed by atoms with van der Waals surface area (Å²) in [5.41, 5.74) is 5.74. The Morgan fingerprint density at radius 1 is 1.27 bits per heavy atom. The van der Waals surface area contributed by atoms with Gasteiger partial charge in [-0.25, -0.2) is 0 Å². The van der Waals surface area contributed by atoms with E-state index in [0.717, 1.165) is 0 Å². The molecular weight excluding hydrogens is 185 g/mol. The predicted octanol–water partition coefficient (Wildman–Crippen LogP) is 1.94. The Bertz CT molecular complexity index is 263. The summed E-state index contributed by atoms with van der Waals surface area (Å²) in [6, 6.07) is 4.75. The molecule has 0 spiro atoms. The van der Waals surface area contributed by atoms with E-state index in [1.165, 1.54) is 6.07 Å². The molecule has 2 nitrogen and oxygen atoms in total. The van der Waals surface area contributed by atoms with E-state index in [2.05, 4.69) is 0 Å². The number of nitrogens with two attached hydrogens (primary N) is 1. The molecule has 0 bridgehead atoms. The van der Waals surface area contributed by atoms with E-state index < -0.39 is 6.23 Å². The Morgan fingerprint density at radius 3 is 2.36 bits per heavy atom. The molecule has 60 valence electrons. The average molecular weight is 192 g/mol. The lowest BCUT2D eigenvalue weighted by Crippen LogP contribution is -2.07. The molecule has 1 unspecified atom stereocenters. The third-order valence-corrected chi connectivity index (χ3v) is 2.02. The van der Waals surface area contributed by atoms with Crippen molar-refractivity contribution < 1.29 is 5.11 Å². The molecule has 0 radical (unpaired) electrons. The lowest BCUT2D eigenvalue weighted by molar-refractivity contribution is 0.186. The van der Waals surface area contributed by atoms with Crippen molar-refractivity contribution >= 4 is 23.2 Å². The highest BCUT2D eigenvalue weighted by Gasteiger charge is 2.03. The number of benzene rings is 1. The zero-order valence-electron chi connectivity index (χ0n) is 5.59. The van der Waals surface area contributed by atoms with E-state index in [4.69, 9.17) is 34.0 Å². The van der Waals surface area contributed by atoms with Crippen LogP contribution in [0.4, 0.5) is 0 Å². The van der Waals surface area contributed by atoms with Gasteiger partial charge in [-0.15, -0.1) is 0 Å². The second-order valence-corrected chi connectivity index (χ2v) is 2.93. The van der Waals surface area contributed by atoms with Gasteiger partial charge in [0.25, 0.3) is 0 Å². The Kier molecular flexibility index (Phi) is 2.73. The molecule has 1 atom stereocenters. The fourth-order valence-electron chi connectivity index (χ4n) is 0.696. The minimum absolute atomic E-state index is 0.397. The van der Waals surface area contributed by atoms with E-state index >= 15 is 0 Å². The summed E-state index contributed by atoms with van der Waals surface area (Å²) in [5.74, 6) is 0. The Morgan fingerprint density at radius 2 is 1.91 bits per heavy atom. The van der Waals surface area contributed by atoms with Gasteiger partial charge in [-0.1, -0.05) is 29.3 Å². The first-order valence-corrected chi connectivity index (χ1v) is 3.75. The number of hydrogen-bond acceptors (Lipinski definition) is 2. The van der Waals surface area contributed by atoms with Crippen LogP contribution in [0.15, 0.2) is 18.2 Å². The standard InChI is InChI=1S/C7H7Cl2NO/c8-5-2-1-4(7(10)11)3-6(5)9/h1-3,7,11H,10H2. The minimum atomic E-state index is -0.996. The van der Waals surface area contributed by atoms with Gasteiger partial charge >= 0.3 is 0 Å². The van der Waals surface area contributed by atoms with Crippen LogP contribution >= 0.6 is 23.2 Å². The van der Waals surface area contributed by atoms with Crippen molar-refractivity contribution in [1.29, 1.82) is 0 Å². The fraction of sp³-hybridized carbons (Fsp3) is 0.143. The minimum Gasteiger partial charge on any atom is -0.375 e. The van der Waals surface area contributed by atoms with Crippen LogP contribution in [0.5, 0.6) is 0 Å². The second kappa shape index (κ2) is 3.41. The van der Waals surface area contributed by atoms with Crippen molar-refractivity contribution in [2.75, 3.05) is 0 Å². The number of aliphatic hydroxyl groups excluding tert-OH is 1. The number of aliphatic hydroxyl groups is 1. The predicted molar refractivity (Wildman–Crippen MR) is 45.6 cm³/mol. The number of halogens is 2. The molecule has 0 aliphatic carbocycles. The molecule has 4 heteroatoms. The molecule has 1 aromatic rings. The fourth-order valence-corrected chi connectivity index (χ4v) is 1.00. The van der Waals surface area contributed by atoms with Gasteiger partial charge in [0, 0.05) is 0 Å². The van der Waals surface area contributed by atoms with Crippen molar-refractivity contribution in [2.24, 2.45) is 5.73 Å². The molecular formula is C7H7Cl2NO. The molecule has 11 heavy (non-hydrogen) atoms. The summed E-state index contributed by atoms with van der Waals surface area (Å²) in [6.07, 6.45) is -0.996. The zero-order chi connectivity index (χ0) is 8.43. The zero-order valence-corrected chi connectivity index (χ0v) is 7.10. The summed E-state index contributed by atoms with van der Waals surface area (Å²) in [4.78, 5) is 0. The van der Waals surface area contributed by atoms with Crippen molar-refractivity contribution in [3.05, 3.63) is 33.8 Å². The van der Waals surface area contributed by atoms with Crippen LogP contribution in [0, 0.1) is 0 Å². The summed E-state index contributed by atoms with van der Waals surface area (Å²) in [6.45, 7) is 0. The first-order valence-electron chi connectivity index (χ1n) is 3.00. The molecule has 1 aromatic carbocycles. The normalized spacial score (nSPS) is 13.1. The quantitative estimate of drug-likeness (QED) is 0.668. The number of rotatable bonds is 1. The lowest BCUT2D eigenvalue weighted by atomic mass is 10.2. The first kappa shape index (κ1) is 8.81. The maximum Gasteiger partial charge on any atom is 0.128 e. The monoisotopic (exact) mass is 191 g/mol. The third kappa shape index (κ3) is 2.07. The second-order valence-electron chi connectivity index (χ2n) is 2.12. The number of hydrogen-bond donors (Lipinski definition) is 2. The maximum absolute atomic E-state index is 8.92. The van der Waals surface area contributed by atoms with E-state index in [1.54, 1.807) is 12.1 Å². The largest absolute Gasteiger partial charge is 0.375 e. The van der Waals surface area contributed by atoms with E-state index in [9.17, 15) is 0 Å². The van der Waals surface area contributed by atoms with E-state index in [-0.39, 0.29) is 0 Å². The molecule has 0 heterocycles. The van der Waals surface area contributed by atoms with Crippen LogP contribution in [-0.4, -0.2) is 5.11 Å². The molecule has 0 aliphatic rings. The van der Waals surface area contributed by atoms with Gasteiger partial charge in [-0.05, 0) is 17.7 Å². The van der Waals surface area contributed by atoms with Crippen LogP contribution < -0.4 is 5.73 Å². The van der Waals surface area contributed by atoms with Crippen LogP contribution in [0.2, 0.25) is 10.0 Å². The molecule has 0 saturated heterocycles. The van der Waals surface area contributed by atoms with Gasteiger partial charge in [0.2, 0.25) is 0 Å². The van der Waals surface area contributed by atoms with Gasteiger partial charge in [-0.3, -0.25) is 0 Å². The van der Waals surface area contributed by atoms with Crippen molar-refractivity contribution in [1.82, 2.24) is 0 Å². The lowest BCUT2D eigenvalue weighted by Gasteiger charge is -2.04. The average Bonchev–Trinajstić information content (AvgIpc) is 1.94. The van der Waals surface area contributed by atoms with E-state index in [1.807, 2.05) is 0 Å². The SMILES string of the molecule is NC(O)c1ccc(Cl)c(Cl)c1. The molecule has 0 saturated carbocycles. The molecule has 0 fully saturated rings. The first-order chi connectivity index (χ1) is 5.11. The maximum atomic E-state index is 8.92. The highest BCUT2D eigenvalue weighted by Crippen LogP contribution is 2.23. The smallest absolute Gasteiger partial charge is 0.128 e. The Labute approximate surface area is 74.5 Å². The topological polar surface area (TPSA) is 46.2 Å². The van der Waals surface area contributed by atoms with Gasteiger partial charge in [-0.2, -0.15) is 0 Å². The van der Waals surface area contributed by atoms with Crippen LogP contribution in [0.1, 0.15) is 11.8 Å². The molecule has 3 N–H and O–H groups in total. The molecule has 0 aromatic heterocycles. The third-order valence-electron chi connectivity index (χ3n) is 1.29. The van der Waals surface area contributed by atoms with Gasteiger partial charge in [0.05, 0.1) is 10.0 Å². The summed E-state index contributed by atoms with van der Waals surface area (Å²) in [7, 11) is 0. The highest BCUT2D eigenvalue weighted by atomic mass is 35.5. The van der Waals surface area contributed by atoms with Crippen LogP contribution in [0.3, 0.4) is 0 Å². The van der Waals surface area contributed by atoms with Crippen molar-refractivity contribution in [3.8, 4) is 0 Å². The summed E-state index contributed by atoms with van der Waals surface area (Å²) >= 11 is 11.3. The van der Waals surface area contributed by atoms with Crippen molar-refractivity contribution in [3.63, 3.8) is 0 Å². The van der Waals surface area contributed by atoms with Gasteiger partial charge in [0.15, 0.2) is 0 Å². The molecule has 1 rings (SSSR count). The molecule has 0 aliphatic heterocycles. The van der Waals surface area contributed by atoms with Gasteiger partial charge in [0.1, 0.15) is 6.23 Å². The van der Waals surface area contributed by atoms with E-state index in [0.29, 0.717) is 15.6 Å². The van der Waals surface area contributed by atoms with Gasteiger partial charge < -0.3 is 10.8 Å². The Hall–Kier alpha value is -0.280.